The van der Waals surface area contributed by atoms with Crippen LogP contribution in [0.1, 0.15) is 36.0 Å². The predicted molar refractivity (Wildman–Crippen MR) is 131 cm³/mol. The first-order valence-electron chi connectivity index (χ1n) is 11.2. The molecule has 8 nitrogen and oxygen atoms in total. The fraction of sp³-hybridized carbons (Fsp3) is 0.192. The van der Waals surface area contributed by atoms with Crippen LogP contribution in [0.15, 0.2) is 70.5 Å². The molecule has 3 heterocycles. The Balaban J connectivity index is 1.68. The Morgan fingerprint density at radius 2 is 1.92 bits per heavy atom. The van der Waals surface area contributed by atoms with Gasteiger partial charge in [0.2, 0.25) is 5.78 Å². The molecule has 4 aromatic rings. The first-order chi connectivity index (χ1) is 17.4. The molecule has 1 aliphatic heterocycles. The molecule has 1 atom stereocenters. The van der Waals surface area contributed by atoms with Crippen LogP contribution < -0.4 is 14.4 Å². The monoisotopic (exact) mass is 508 g/mol. The molecule has 1 amide bonds. The molecule has 0 spiro atoms. The highest BCUT2D eigenvalue weighted by Crippen LogP contribution is 2.45. The summed E-state index contributed by atoms with van der Waals surface area (Å²) in [5.74, 6) is -1.70. The summed E-state index contributed by atoms with van der Waals surface area (Å²) >= 11 is 1.08. The summed E-state index contributed by atoms with van der Waals surface area (Å²) in [6.45, 7) is 4.45. The number of anilines is 1. The van der Waals surface area contributed by atoms with Crippen LogP contribution in [0.3, 0.4) is 0 Å². The molecule has 0 bridgehead atoms. The number of fused-ring (bicyclic) bond motifs is 1. The number of rotatable bonds is 8. The van der Waals surface area contributed by atoms with Crippen LogP contribution in [0.4, 0.5) is 9.52 Å². The summed E-state index contributed by atoms with van der Waals surface area (Å²) in [6, 6.07) is 11.1. The zero-order chi connectivity index (χ0) is 25.4. The van der Waals surface area contributed by atoms with Crippen molar-refractivity contribution in [1.82, 2.24) is 4.98 Å². The van der Waals surface area contributed by atoms with Crippen LogP contribution in [-0.4, -0.2) is 35.0 Å². The maximum Gasteiger partial charge on any atom is 0.296 e. The van der Waals surface area contributed by atoms with E-state index in [1.54, 1.807) is 24.3 Å². The van der Waals surface area contributed by atoms with Crippen molar-refractivity contribution in [3.63, 3.8) is 0 Å². The summed E-state index contributed by atoms with van der Waals surface area (Å²) in [6.07, 6.45) is 1.33. The number of carbonyl (C=O) groups is 2. The number of aromatic nitrogens is 1. The first kappa shape index (κ1) is 23.6. The molecule has 1 aliphatic rings. The number of furan rings is 1. The lowest BCUT2D eigenvalue weighted by molar-refractivity contribution is -0.117. The highest BCUT2D eigenvalue weighted by Gasteiger charge is 2.46. The lowest BCUT2D eigenvalue weighted by Crippen LogP contribution is -2.31. The van der Waals surface area contributed by atoms with Gasteiger partial charge in [0.1, 0.15) is 5.82 Å². The molecule has 2 aromatic heterocycles. The number of aliphatic hydroxyl groups is 1. The third kappa shape index (κ3) is 3.99. The summed E-state index contributed by atoms with van der Waals surface area (Å²) < 4.78 is 31.0. The van der Waals surface area contributed by atoms with Gasteiger partial charge in [0, 0.05) is 0 Å². The lowest BCUT2D eigenvalue weighted by atomic mass is 9.95. The van der Waals surface area contributed by atoms with Gasteiger partial charge in [-0.25, -0.2) is 9.37 Å². The van der Waals surface area contributed by atoms with Crippen molar-refractivity contribution in [2.24, 2.45) is 0 Å². The van der Waals surface area contributed by atoms with Gasteiger partial charge in [0.15, 0.2) is 28.1 Å². The first-order valence-corrected chi connectivity index (χ1v) is 12.0. The smallest absolute Gasteiger partial charge is 0.296 e. The second-order valence-electron chi connectivity index (χ2n) is 7.83. The molecule has 0 saturated carbocycles. The SMILES string of the molecule is CCOc1ccc(C2C(C(=O)c3ccco3)=C(O)C(=O)N2c2nc3ccc(F)cc3s2)cc1OCC. The van der Waals surface area contributed by atoms with E-state index >= 15 is 0 Å². The number of halogens is 1. The second kappa shape index (κ2) is 9.46. The van der Waals surface area contributed by atoms with Crippen molar-refractivity contribution in [3.05, 3.63) is 83.3 Å². The highest BCUT2D eigenvalue weighted by atomic mass is 32.1. The number of hydrogen-bond donors (Lipinski definition) is 1. The standard InChI is InChI=1S/C26H21FN2O6S/c1-3-33-17-10-7-14(12-19(17)34-4-2)22-21(23(30)18-6-5-11-35-18)24(31)25(32)29(22)26-28-16-9-8-15(27)13-20(16)36-26/h5-13,22,31H,3-4H2,1-2H3. The Hall–Kier alpha value is -4.18. The zero-order valence-electron chi connectivity index (χ0n) is 19.4. The maximum atomic E-state index is 13.8. The normalized spacial score (nSPS) is 15.7. The van der Waals surface area contributed by atoms with Crippen LogP contribution in [-0.2, 0) is 4.79 Å². The number of ketones is 1. The van der Waals surface area contributed by atoms with Crippen LogP contribution in [0.2, 0.25) is 0 Å². The number of benzene rings is 2. The maximum absolute atomic E-state index is 13.8. The molecule has 36 heavy (non-hydrogen) atoms. The van der Waals surface area contributed by atoms with E-state index in [4.69, 9.17) is 13.9 Å². The molecule has 10 heteroatoms. The molecule has 0 radical (unpaired) electrons. The zero-order valence-corrected chi connectivity index (χ0v) is 20.2. The summed E-state index contributed by atoms with van der Waals surface area (Å²) in [4.78, 5) is 32.5. The van der Waals surface area contributed by atoms with Gasteiger partial charge in [0.25, 0.3) is 5.91 Å². The van der Waals surface area contributed by atoms with Crippen molar-refractivity contribution < 1.29 is 33.0 Å². The van der Waals surface area contributed by atoms with Gasteiger partial charge in [-0.1, -0.05) is 17.4 Å². The van der Waals surface area contributed by atoms with Crippen molar-refractivity contribution in [1.29, 1.82) is 0 Å². The van der Waals surface area contributed by atoms with Crippen LogP contribution in [0, 0.1) is 5.82 Å². The predicted octanol–water partition coefficient (Wildman–Crippen LogP) is 5.61. The minimum atomic E-state index is -1.05. The number of carbonyl (C=O) groups excluding carboxylic acids is 2. The molecule has 5 rings (SSSR count). The van der Waals surface area contributed by atoms with Gasteiger partial charge >= 0.3 is 0 Å². The van der Waals surface area contributed by atoms with E-state index in [2.05, 4.69) is 4.98 Å². The van der Waals surface area contributed by atoms with Gasteiger partial charge in [-0.05, 0) is 61.9 Å². The molecule has 0 aliphatic carbocycles. The molecule has 184 valence electrons. The third-order valence-electron chi connectivity index (χ3n) is 5.63. The molecule has 2 aromatic carbocycles. The molecule has 0 saturated heterocycles. The Labute approximate surface area is 209 Å². The van der Waals surface area contributed by atoms with Crippen LogP contribution in [0.25, 0.3) is 10.2 Å². The topological polar surface area (TPSA) is 102 Å². The van der Waals surface area contributed by atoms with E-state index in [0.717, 1.165) is 11.3 Å². The van der Waals surface area contributed by atoms with Gasteiger partial charge in [-0.2, -0.15) is 0 Å². The number of Topliss-reactive ketones (excluding diaryl/α,β-unsaturated/α-hetero) is 1. The Kier molecular flexibility index (Phi) is 6.19. The number of ether oxygens (including phenoxy) is 2. The van der Waals surface area contributed by atoms with Gasteiger partial charge in [-0.3, -0.25) is 14.5 Å². The summed E-state index contributed by atoms with van der Waals surface area (Å²) in [5.41, 5.74) is 0.807. The van der Waals surface area contributed by atoms with Gasteiger partial charge in [-0.15, -0.1) is 0 Å². The van der Waals surface area contributed by atoms with Crippen molar-refractivity contribution in [3.8, 4) is 11.5 Å². The number of hydrogen-bond acceptors (Lipinski definition) is 8. The van der Waals surface area contributed by atoms with E-state index in [9.17, 15) is 19.1 Å². The minimum absolute atomic E-state index is 0.0291. The lowest BCUT2D eigenvalue weighted by Gasteiger charge is -2.25. The molecule has 1 unspecified atom stereocenters. The fourth-order valence-electron chi connectivity index (χ4n) is 4.12. The Morgan fingerprint density at radius 1 is 1.14 bits per heavy atom. The molecular weight excluding hydrogens is 487 g/mol. The van der Waals surface area contributed by atoms with Gasteiger partial charge < -0.3 is 19.0 Å². The average Bonchev–Trinajstić information content (AvgIpc) is 3.59. The van der Waals surface area contributed by atoms with Crippen molar-refractivity contribution in [2.75, 3.05) is 18.1 Å². The van der Waals surface area contributed by atoms with Crippen molar-refractivity contribution in [2.45, 2.75) is 19.9 Å². The number of nitrogens with zero attached hydrogens (tertiary/aromatic N) is 2. The van der Waals surface area contributed by atoms with Crippen molar-refractivity contribution >= 4 is 38.4 Å². The molecule has 1 N–H and O–H groups in total. The Morgan fingerprint density at radius 3 is 2.64 bits per heavy atom. The van der Waals surface area contributed by atoms with E-state index in [1.165, 1.54) is 35.4 Å². The Bertz CT molecular complexity index is 1490. The summed E-state index contributed by atoms with van der Waals surface area (Å²) in [5, 5.41) is 11.1. The van der Waals surface area contributed by atoms with Crippen LogP contribution in [0.5, 0.6) is 11.5 Å². The summed E-state index contributed by atoms with van der Waals surface area (Å²) in [7, 11) is 0. The highest BCUT2D eigenvalue weighted by molar-refractivity contribution is 7.22. The second-order valence-corrected chi connectivity index (χ2v) is 8.84. The quantitative estimate of drug-likeness (QED) is 0.309. The minimum Gasteiger partial charge on any atom is -0.503 e. The third-order valence-corrected chi connectivity index (χ3v) is 6.64. The van der Waals surface area contributed by atoms with E-state index < -0.39 is 29.3 Å². The molecular formula is C26H21FN2O6S. The number of thiazole rings is 1. The average molecular weight is 509 g/mol. The van der Waals surface area contributed by atoms with E-state index in [-0.39, 0.29) is 16.5 Å². The van der Waals surface area contributed by atoms with Crippen LogP contribution >= 0.6 is 11.3 Å². The number of amides is 1. The fourth-order valence-corrected chi connectivity index (χ4v) is 5.13. The van der Waals surface area contributed by atoms with E-state index in [1.807, 2.05) is 13.8 Å². The largest absolute Gasteiger partial charge is 0.503 e. The number of aliphatic hydroxyl groups excluding tert-OH is 1. The van der Waals surface area contributed by atoms with E-state index in [0.29, 0.717) is 40.5 Å². The molecule has 0 fully saturated rings. The van der Waals surface area contributed by atoms with Gasteiger partial charge in [0.05, 0.1) is 41.3 Å².